The molecule has 0 saturated heterocycles. The molecule has 0 fully saturated rings. The summed E-state index contributed by atoms with van der Waals surface area (Å²) >= 11 is 0. The summed E-state index contributed by atoms with van der Waals surface area (Å²) in [6, 6.07) is 11.0. The first-order valence-electron chi connectivity index (χ1n) is 4.48. The van der Waals surface area contributed by atoms with Crippen molar-refractivity contribution in [1.82, 2.24) is 0 Å². The topological polar surface area (TPSA) is 121 Å². The molecule has 2 N–H and O–H groups in total. The average molecular weight is 247 g/mol. The van der Waals surface area contributed by atoms with E-state index in [1.807, 2.05) is 17.7 Å². The van der Waals surface area contributed by atoms with Gasteiger partial charge in [0.25, 0.3) is 0 Å². The van der Waals surface area contributed by atoms with Crippen LogP contribution in [-0.2, 0) is 0 Å². The third-order valence-electron chi connectivity index (χ3n) is 1.96. The molecule has 6 nitrogen and oxygen atoms in total. The van der Waals surface area contributed by atoms with E-state index in [1.54, 1.807) is 0 Å². The van der Waals surface area contributed by atoms with Gasteiger partial charge in [-0.2, -0.15) is 0 Å². The van der Waals surface area contributed by atoms with E-state index < -0.39 is 10.2 Å². The smallest absolute Gasteiger partial charge is 0.141 e. The fourth-order valence-electron chi connectivity index (χ4n) is 1.32. The van der Waals surface area contributed by atoms with Crippen molar-refractivity contribution in [3.63, 3.8) is 0 Å². The summed E-state index contributed by atoms with van der Waals surface area (Å²) < 4.78 is 34.0. The van der Waals surface area contributed by atoms with Crippen LogP contribution in [0.4, 0.5) is 0 Å². The first-order valence-corrected chi connectivity index (χ1v) is 5.72. The number of hydrogen-bond acceptors (Lipinski definition) is 5. The van der Waals surface area contributed by atoms with E-state index >= 15 is 0 Å². The number of nitrogens with two attached hydrogens (primary N) is 1. The molecule has 1 atom stereocenters. The Bertz CT molecular complexity index is 325. The zero-order chi connectivity index (χ0) is 12.0. The van der Waals surface area contributed by atoms with Crippen LogP contribution in [0.1, 0.15) is 18.0 Å². The Kier molecular flexibility index (Phi) is 4.81. The van der Waals surface area contributed by atoms with Crippen LogP contribution in [0.15, 0.2) is 35.4 Å². The van der Waals surface area contributed by atoms with Gasteiger partial charge in [0.1, 0.15) is 6.04 Å². The monoisotopic (exact) mass is 246 g/mol. The van der Waals surface area contributed by atoms with Crippen molar-refractivity contribution in [3.05, 3.63) is 35.9 Å². The Morgan fingerprint density at radius 2 is 1.69 bits per heavy atom. The Balaban J connectivity index is 0.000000221. The molecule has 0 bridgehead atoms. The zero-order valence-electron chi connectivity index (χ0n) is 8.28. The van der Waals surface area contributed by atoms with Crippen LogP contribution in [0.25, 0.3) is 0 Å². The highest BCUT2D eigenvalue weighted by Gasteiger charge is 2.16. The molecular weight excluding hydrogens is 236 g/mol. The summed E-state index contributed by atoms with van der Waals surface area (Å²) in [6.45, 7) is 0. The van der Waals surface area contributed by atoms with Gasteiger partial charge in [-0.3, -0.25) is 0 Å². The highest BCUT2D eigenvalue weighted by atomic mass is 35.7. The summed E-state index contributed by atoms with van der Waals surface area (Å²) in [5, 5.41) is 4.09. The van der Waals surface area contributed by atoms with Gasteiger partial charge in [-0.25, -0.2) is 24.1 Å². The first-order chi connectivity index (χ1) is 7.47. The molecule has 2 rings (SSSR count). The lowest BCUT2D eigenvalue weighted by Crippen LogP contribution is -2.76. The van der Waals surface area contributed by atoms with Gasteiger partial charge in [0.15, 0.2) is 0 Å². The van der Waals surface area contributed by atoms with E-state index in [0.29, 0.717) is 6.04 Å². The van der Waals surface area contributed by atoms with Crippen molar-refractivity contribution >= 4 is 6.21 Å². The van der Waals surface area contributed by atoms with Crippen molar-refractivity contribution in [2.45, 2.75) is 12.5 Å². The van der Waals surface area contributed by atoms with Gasteiger partial charge in [0.2, 0.25) is 0 Å². The fraction of sp³-hybridized carbons (Fsp3) is 0.222. The second-order valence-corrected chi connectivity index (χ2v) is 3.87. The van der Waals surface area contributed by atoms with Gasteiger partial charge in [-0.1, -0.05) is 35.4 Å². The van der Waals surface area contributed by atoms with Crippen LogP contribution < -0.4 is 24.1 Å². The number of rotatable bonds is 1. The molecule has 0 aliphatic carbocycles. The predicted molar refractivity (Wildman–Crippen MR) is 44.2 cm³/mol. The van der Waals surface area contributed by atoms with Gasteiger partial charge in [0.05, 0.1) is 6.21 Å². The van der Waals surface area contributed by atoms with E-state index in [4.69, 9.17) is 18.6 Å². The number of nitrogens with zero attached hydrogens (tertiary/aromatic N) is 1. The average Bonchev–Trinajstić information content (AvgIpc) is 2.69. The first kappa shape index (κ1) is 13.0. The molecule has 1 aliphatic heterocycles. The van der Waals surface area contributed by atoms with Crippen LogP contribution in [0, 0.1) is 10.2 Å². The number of quaternary nitrogens is 1. The molecule has 88 valence electrons. The largest absolute Gasteiger partial charge is 0.222 e. The van der Waals surface area contributed by atoms with Crippen LogP contribution in [0.3, 0.4) is 0 Å². The number of hydrogen-bond donors (Lipinski definition) is 1. The third-order valence-corrected chi connectivity index (χ3v) is 1.96. The van der Waals surface area contributed by atoms with Crippen molar-refractivity contribution in [1.29, 1.82) is 0 Å². The molecule has 0 amide bonds. The van der Waals surface area contributed by atoms with Crippen LogP contribution in [-0.4, -0.2) is 6.21 Å². The maximum atomic E-state index is 8.49. The van der Waals surface area contributed by atoms with Crippen molar-refractivity contribution in [3.8, 4) is 0 Å². The molecule has 1 aromatic rings. The molecule has 0 radical (unpaired) electrons. The molecule has 0 saturated carbocycles. The highest BCUT2D eigenvalue weighted by Crippen LogP contribution is 2.12. The Labute approximate surface area is 94.6 Å². The zero-order valence-corrected chi connectivity index (χ0v) is 9.04. The van der Waals surface area contributed by atoms with Crippen LogP contribution in [0.2, 0.25) is 0 Å². The Morgan fingerprint density at radius 3 is 2.12 bits per heavy atom. The van der Waals surface area contributed by atoms with Crippen molar-refractivity contribution in [2.24, 2.45) is 5.10 Å². The fourth-order valence-corrected chi connectivity index (χ4v) is 1.32. The van der Waals surface area contributed by atoms with Gasteiger partial charge < -0.3 is 0 Å². The standard InChI is InChI=1S/C9H10N2.ClHO4/c1-2-4-8(5-3-1)9-6-7-10-11-9;2-1(3,4)5/h1-5,7,9,11H,6H2;(H,2,3,4,5). The van der Waals surface area contributed by atoms with Crippen LogP contribution >= 0.6 is 0 Å². The summed E-state index contributed by atoms with van der Waals surface area (Å²) in [5.74, 6) is 0. The van der Waals surface area contributed by atoms with Gasteiger partial charge in [0, 0.05) is 12.0 Å². The maximum Gasteiger partial charge on any atom is 0.141 e. The lowest BCUT2D eigenvalue weighted by molar-refractivity contribution is -2.00. The maximum absolute atomic E-state index is 8.49. The van der Waals surface area contributed by atoms with Gasteiger partial charge in [-0.15, -0.1) is 10.2 Å². The quantitative estimate of drug-likeness (QED) is 0.507. The van der Waals surface area contributed by atoms with Crippen molar-refractivity contribution in [2.75, 3.05) is 0 Å². The summed E-state index contributed by atoms with van der Waals surface area (Å²) in [7, 11) is -4.94. The molecule has 1 aromatic carbocycles. The van der Waals surface area contributed by atoms with E-state index in [9.17, 15) is 0 Å². The lowest BCUT2D eigenvalue weighted by Gasteiger charge is -2.17. The van der Waals surface area contributed by atoms with Gasteiger partial charge in [-0.05, 0) is 0 Å². The van der Waals surface area contributed by atoms with Crippen LogP contribution in [0.5, 0.6) is 0 Å². The molecule has 1 aliphatic rings. The minimum Gasteiger partial charge on any atom is -0.222 e. The molecule has 0 spiro atoms. The van der Waals surface area contributed by atoms with Gasteiger partial charge >= 0.3 is 0 Å². The lowest BCUT2D eigenvalue weighted by atomic mass is 10.1. The number of benzene rings is 1. The van der Waals surface area contributed by atoms with E-state index in [-0.39, 0.29) is 0 Å². The molecule has 1 unspecified atom stereocenters. The van der Waals surface area contributed by atoms with E-state index in [0.717, 1.165) is 6.42 Å². The second-order valence-electron chi connectivity index (χ2n) is 3.11. The minimum absolute atomic E-state index is 0.524. The summed E-state index contributed by atoms with van der Waals surface area (Å²) in [5.41, 5.74) is 3.38. The highest BCUT2D eigenvalue weighted by molar-refractivity contribution is 5.58. The molecule has 7 heteroatoms. The summed E-state index contributed by atoms with van der Waals surface area (Å²) in [6.07, 6.45) is 3.03. The molecule has 1 heterocycles. The van der Waals surface area contributed by atoms with Crippen molar-refractivity contribution < 1.29 is 34.3 Å². The predicted octanol–water partition coefficient (Wildman–Crippen LogP) is -4.08. The van der Waals surface area contributed by atoms with E-state index in [1.165, 1.54) is 5.56 Å². The van der Waals surface area contributed by atoms with E-state index in [2.05, 4.69) is 29.4 Å². The number of halogens is 1. The normalized spacial score (nSPS) is 19.1. The molecule has 0 aromatic heterocycles. The molecular formula is C9H11ClN2O4. The third kappa shape index (κ3) is 5.76. The molecule has 16 heavy (non-hydrogen) atoms. The second kappa shape index (κ2) is 5.90. The Morgan fingerprint density at radius 1 is 1.12 bits per heavy atom. The Hall–Kier alpha value is -1.02. The minimum atomic E-state index is -4.94. The SMILES string of the molecule is C1=N[NH2+]C(c2ccccc2)C1.[O-][Cl+3]([O-])([O-])[O-]. The summed E-state index contributed by atoms with van der Waals surface area (Å²) in [4.78, 5) is 0.